The minimum atomic E-state index is 0.562. The molecule has 0 aliphatic rings. The first-order valence-corrected chi connectivity index (χ1v) is 6.87. The minimum Gasteiger partial charge on any atom is -0.479 e. The van der Waals surface area contributed by atoms with Crippen molar-refractivity contribution in [1.29, 1.82) is 0 Å². The van der Waals surface area contributed by atoms with Crippen LogP contribution in [0.4, 0.5) is 0 Å². The van der Waals surface area contributed by atoms with E-state index in [9.17, 15) is 0 Å². The standard InChI is InChI=1S/C16H13N5O/c1-10-19-16(22-2)15-12(5-8-21(15)20-10)11-3-4-13-14(9-11)18-7-6-17-13/h3-9H,1-2H3. The monoisotopic (exact) mass is 291 g/mol. The van der Waals surface area contributed by atoms with Gasteiger partial charge < -0.3 is 4.74 Å². The Morgan fingerprint density at radius 2 is 1.86 bits per heavy atom. The molecule has 0 saturated carbocycles. The smallest absolute Gasteiger partial charge is 0.242 e. The summed E-state index contributed by atoms with van der Waals surface area (Å²) in [4.78, 5) is 13.0. The first-order chi connectivity index (χ1) is 10.8. The highest BCUT2D eigenvalue weighted by molar-refractivity contribution is 5.89. The second kappa shape index (κ2) is 4.77. The van der Waals surface area contributed by atoms with Gasteiger partial charge in [-0.3, -0.25) is 9.97 Å². The molecule has 3 heterocycles. The summed E-state index contributed by atoms with van der Waals surface area (Å²) in [5.41, 5.74) is 4.60. The maximum Gasteiger partial charge on any atom is 0.242 e. The summed E-state index contributed by atoms with van der Waals surface area (Å²) >= 11 is 0. The fourth-order valence-corrected chi connectivity index (χ4v) is 2.60. The van der Waals surface area contributed by atoms with E-state index in [0.29, 0.717) is 11.7 Å². The van der Waals surface area contributed by atoms with Crippen LogP contribution in [0.15, 0.2) is 42.9 Å². The van der Waals surface area contributed by atoms with Crippen LogP contribution in [-0.2, 0) is 0 Å². The van der Waals surface area contributed by atoms with Crippen molar-refractivity contribution in [2.45, 2.75) is 6.92 Å². The highest BCUT2D eigenvalue weighted by atomic mass is 16.5. The van der Waals surface area contributed by atoms with Crippen LogP contribution in [0.1, 0.15) is 5.82 Å². The summed E-state index contributed by atoms with van der Waals surface area (Å²) in [6.45, 7) is 1.84. The zero-order valence-electron chi connectivity index (χ0n) is 12.2. The fourth-order valence-electron chi connectivity index (χ4n) is 2.60. The van der Waals surface area contributed by atoms with Crippen LogP contribution in [0.5, 0.6) is 5.88 Å². The van der Waals surface area contributed by atoms with E-state index in [1.807, 2.05) is 37.4 Å². The van der Waals surface area contributed by atoms with Gasteiger partial charge in [0.15, 0.2) is 0 Å². The molecule has 0 fully saturated rings. The number of benzene rings is 1. The molecule has 0 aliphatic heterocycles. The summed E-state index contributed by atoms with van der Waals surface area (Å²) in [7, 11) is 1.62. The summed E-state index contributed by atoms with van der Waals surface area (Å²) in [6, 6.07) is 7.99. The van der Waals surface area contributed by atoms with Gasteiger partial charge in [0.1, 0.15) is 11.3 Å². The first-order valence-electron chi connectivity index (χ1n) is 6.87. The summed E-state index contributed by atoms with van der Waals surface area (Å²) in [6.07, 6.45) is 5.29. The molecule has 0 aliphatic carbocycles. The van der Waals surface area contributed by atoms with Crippen LogP contribution in [0.3, 0.4) is 0 Å². The highest BCUT2D eigenvalue weighted by Gasteiger charge is 2.14. The molecule has 0 bridgehead atoms. The van der Waals surface area contributed by atoms with Crippen molar-refractivity contribution < 1.29 is 4.74 Å². The van der Waals surface area contributed by atoms with Gasteiger partial charge in [-0.2, -0.15) is 10.1 Å². The van der Waals surface area contributed by atoms with Crippen molar-refractivity contribution in [3.8, 4) is 17.0 Å². The lowest BCUT2D eigenvalue weighted by atomic mass is 10.1. The zero-order chi connectivity index (χ0) is 15.1. The lowest BCUT2D eigenvalue weighted by Crippen LogP contribution is -2.00. The Balaban J connectivity index is 1.99. The summed E-state index contributed by atoms with van der Waals surface area (Å²) < 4.78 is 7.21. The number of methoxy groups -OCH3 is 1. The molecule has 6 nitrogen and oxygen atoms in total. The Morgan fingerprint density at radius 3 is 2.68 bits per heavy atom. The van der Waals surface area contributed by atoms with E-state index in [0.717, 1.165) is 27.7 Å². The molecule has 0 saturated heterocycles. The van der Waals surface area contributed by atoms with E-state index >= 15 is 0 Å². The minimum absolute atomic E-state index is 0.562. The van der Waals surface area contributed by atoms with E-state index < -0.39 is 0 Å². The van der Waals surface area contributed by atoms with Crippen molar-refractivity contribution >= 4 is 16.6 Å². The zero-order valence-corrected chi connectivity index (χ0v) is 12.2. The molecule has 3 aromatic heterocycles. The largest absolute Gasteiger partial charge is 0.479 e. The van der Waals surface area contributed by atoms with Gasteiger partial charge in [0.2, 0.25) is 5.88 Å². The number of rotatable bonds is 2. The molecule has 0 radical (unpaired) electrons. The van der Waals surface area contributed by atoms with Gasteiger partial charge in [0.25, 0.3) is 0 Å². The third-order valence-electron chi connectivity index (χ3n) is 3.56. The highest BCUT2D eigenvalue weighted by Crippen LogP contribution is 2.31. The maximum absolute atomic E-state index is 5.42. The van der Waals surface area contributed by atoms with Crippen LogP contribution >= 0.6 is 0 Å². The van der Waals surface area contributed by atoms with E-state index in [1.165, 1.54) is 0 Å². The lowest BCUT2D eigenvalue weighted by Gasteiger charge is -2.06. The normalized spacial score (nSPS) is 11.2. The van der Waals surface area contributed by atoms with Gasteiger partial charge >= 0.3 is 0 Å². The third-order valence-corrected chi connectivity index (χ3v) is 3.56. The van der Waals surface area contributed by atoms with Crippen molar-refractivity contribution in [1.82, 2.24) is 24.6 Å². The molecule has 0 N–H and O–H groups in total. The molecule has 0 spiro atoms. The molecule has 22 heavy (non-hydrogen) atoms. The van der Waals surface area contributed by atoms with Crippen LogP contribution < -0.4 is 4.74 Å². The van der Waals surface area contributed by atoms with Crippen LogP contribution in [-0.4, -0.2) is 31.7 Å². The molecular weight excluding hydrogens is 278 g/mol. The quantitative estimate of drug-likeness (QED) is 0.568. The summed E-state index contributed by atoms with van der Waals surface area (Å²) in [5, 5.41) is 4.39. The Hall–Kier alpha value is -3.02. The van der Waals surface area contributed by atoms with Crippen molar-refractivity contribution in [2.75, 3.05) is 7.11 Å². The van der Waals surface area contributed by atoms with Crippen molar-refractivity contribution in [3.63, 3.8) is 0 Å². The number of hydrogen-bond acceptors (Lipinski definition) is 5. The number of aromatic nitrogens is 5. The molecule has 108 valence electrons. The number of aryl methyl sites for hydroxylation is 1. The molecule has 0 atom stereocenters. The van der Waals surface area contributed by atoms with Gasteiger partial charge in [-0.15, -0.1) is 0 Å². The van der Waals surface area contributed by atoms with Gasteiger partial charge in [0, 0.05) is 24.2 Å². The average molecular weight is 291 g/mol. The van der Waals surface area contributed by atoms with Crippen LogP contribution in [0.2, 0.25) is 0 Å². The molecule has 6 heteroatoms. The van der Waals surface area contributed by atoms with Crippen LogP contribution in [0.25, 0.3) is 27.7 Å². The predicted molar refractivity (Wildman–Crippen MR) is 82.8 cm³/mol. The number of ether oxygens (including phenoxy) is 1. The molecule has 4 rings (SSSR count). The van der Waals surface area contributed by atoms with E-state index in [4.69, 9.17) is 4.74 Å². The van der Waals surface area contributed by atoms with E-state index in [1.54, 1.807) is 24.0 Å². The molecule has 4 aromatic rings. The lowest BCUT2D eigenvalue weighted by molar-refractivity contribution is 0.397. The van der Waals surface area contributed by atoms with Gasteiger partial charge in [-0.05, 0) is 30.7 Å². The average Bonchev–Trinajstić information content (AvgIpc) is 2.97. The Morgan fingerprint density at radius 1 is 1.05 bits per heavy atom. The van der Waals surface area contributed by atoms with Gasteiger partial charge in [0.05, 0.1) is 18.1 Å². The number of fused-ring (bicyclic) bond motifs is 2. The topological polar surface area (TPSA) is 65.2 Å². The van der Waals surface area contributed by atoms with Crippen molar-refractivity contribution in [2.24, 2.45) is 0 Å². The van der Waals surface area contributed by atoms with Crippen molar-refractivity contribution in [3.05, 3.63) is 48.7 Å². The maximum atomic E-state index is 5.42. The Bertz CT molecular complexity index is 992. The summed E-state index contributed by atoms with van der Waals surface area (Å²) in [5.74, 6) is 1.22. The van der Waals surface area contributed by atoms with E-state index in [2.05, 4.69) is 20.1 Å². The third kappa shape index (κ3) is 1.88. The molecule has 1 aromatic carbocycles. The molecule has 0 unspecified atom stereocenters. The SMILES string of the molecule is COc1nc(C)nn2ccc(-c3ccc4nccnc4c3)c12. The first kappa shape index (κ1) is 12.7. The number of hydrogen-bond donors (Lipinski definition) is 0. The Kier molecular flexibility index (Phi) is 2.75. The van der Waals surface area contributed by atoms with Gasteiger partial charge in [-0.1, -0.05) is 6.07 Å². The van der Waals surface area contributed by atoms with E-state index in [-0.39, 0.29) is 0 Å². The Labute approximate surface area is 126 Å². The molecule has 0 amide bonds. The van der Waals surface area contributed by atoms with Gasteiger partial charge in [-0.25, -0.2) is 4.52 Å². The van der Waals surface area contributed by atoms with Crippen LogP contribution in [0, 0.1) is 6.92 Å². The predicted octanol–water partition coefficient (Wildman–Crippen LogP) is 2.66. The molecular formula is C16H13N5O. The second-order valence-corrected chi connectivity index (χ2v) is 4.95. The number of nitrogens with zero attached hydrogens (tertiary/aromatic N) is 5. The second-order valence-electron chi connectivity index (χ2n) is 4.95. The fraction of sp³-hybridized carbons (Fsp3) is 0.125.